The molecule has 0 heterocycles. The van der Waals surface area contributed by atoms with Crippen molar-refractivity contribution in [3.63, 3.8) is 0 Å². The lowest BCUT2D eigenvalue weighted by atomic mass is 10.2. The van der Waals surface area contributed by atoms with Gasteiger partial charge in [-0.15, -0.1) is 0 Å². The average Bonchev–Trinajstić information content (AvgIpc) is 2.25. The number of hydrogen-bond acceptors (Lipinski definition) is 2. The topological polar surface area (TPSA) is 38.0 Å². The molecule has 0 aliphatic heterocycles. The van der Waals surface area contributed by atoms with Gasteiger partial charge in [0.2, 0.25) is 0 Å². The summed E-state index contributed by atoms with van der Waals surface area (Å²) in [5.74, 6) is 0. The number of nitrogens with one attached hydrogen (secondary N) is 1. The molecule has 2 rings (SSSR count). The third-order valence-corrected chi connectivity index (χ3v) is 3.49. The minimum Gasteiger partial charge on any atom is -0.399 e. The Morgan fingerprint density at radius 1 is 1.06 bits per heavy atom. The normalized spacial score (nSPS) is 10.1. The van der Waals surface area contributed by atoms with Crippen molar-refractivity contribution < 1.29 is 0 Å². The van der Waals surface area contributed by atoms with Gasteiger partial charge in [0.05, 0.1) is 5.69 Å². The fraction of sp³-hybridized carbons (Fsp3) is 0. The molecule has 0 aromatic heterocycles. The Kier molecular flexibility index (Phi) is 3.70. The summed E-state index contributed by atoms with van der Waals surface area (Å²) in [6.45, 7) is 0. The van der Waals surface area contributed by atoms with Crippen molar-refractivity contribution >= 4 is 55.6 Å². The van der Waals surface area contributed by atoms with E-state index in [0.717, 1.165) is 21.5 Å². The van der Waals surface area contributed by atoms with E-state index in [0.29, 0.717) is 0 Å². The first-order valence-corrected chi connectivity index (χ1v) is 6.60. The van der Waals surface area contributed by atoms with Gasteiger partial charge in [0.25, 0.3) is 0 Å². The van der Waals surface area contributed by atoms with Gasteiger partial charge in [-0.3, -0.25) is 0 Å². The SMILES string of the molecule is Nc1ccc(Nc2ccc(I)cc2)c(Br)c1. The molecule has 0 saturated heterocycles. The maximum Gasteiger partial charge on any atom is 0.0530 e. The number of anilines is 3. The van der Waals surface area contributed by atoms with E-state index in [-0.39, 0.29) is 0 Å². The van der Waals surface area contributed by atoms with Gasteiger partial charge in [-0.05, 0) is 81.0 Å². The Hall–Kier alpha value is -0.750. The standard InChI is InChI=1S/C12H10BrIN2/c13-11-7-9(15)3-6-12(11)16-10-4-1-8(14)2-5-10/h1-7,16H,15H2. The van der Waals surface area contributed by atoms with Crippen LogP contribution in [0.5, 0.6) is 0 Å². The van der Waals surface area contributed by atoms with E-state index in [1.807, 2.05) is 30.3 Å². The van der Waals surface area contributed by atoms with Crippen molar-refractivity contribution in [2.75, 3.05) is 11.1 Å². The van der Waals surface area contributed by atoms with Crippen molar-refractivity contribution in [2.45, 2.75) is 0 Å². The van der Waals surface area contributed by atoms with E-state index in [1.165, 1.54) is 3.57 Å². The number of benzene rings is 2. The molecule has 2 aromatic carbocycles. The van der Waals surface area contributed by atoms with Crippen molar-refractivity contribution in [1.29, 1.82) is 0 Å². The van der Waals surface area contributed by atoms with Crippen molar-refractivity contribution in [3.8, 4) is 0 Å². The fourth-order valence-electron chi connectivity index (χ4n) is 1.32. The van der Waals surface area contributed by atoms with Crippen molar-refractivity contribution in [1.82, 2.24) is 0 Å². The summed E-state index contributed by atoms with van der Waals surface area (Å²) >= 11 is 5.76. The largest absolute Gasteiger partial charge is 0.399 e. The molecular weight excluding hydrogens is 379 g/mol. The van der Waals surface area contributed by atoms with Gasteiger partial charge in [0, 0.05) is 19.4 Å². The summed E-state index contributed by atoms with van der Waals surface area (Å²) in [4.78, 5) is 0. The number of halogens is 2. The van der Waals surface area contributed by atoms with Crippen LogP contribution in [0.2, 0.25) is 0 Å². The molecule has 0 aliphatic carbocycles. The van der Waals surface area contributed by atoms with Crippen LogP contribution in [-0.4, -0.2) is 0 Å². The lowest BCUT2D eigenvalue weighted by Gasteiger charge is -2.09. The maximum absolute atomic E-state index is 5.68. The third-order valence-electron chi connectivity index (χ3n) is 2.12. The van der Waals surface area contributed by atoms with E-state index in [4.69, 9.17) is 5.73 Å². The highest BCUT2D eigenvalue weighted by Crippen LogP contribution is 2.27. The molecule has 0 unspecified atom stereocenters. The molecule has 2 aromatic rings. The zero-order valence-electron chi connectivity index (χ0n) is 8.37. The van der Waals surface area contributed by atoms with Crippen LogP contribution in [0, 0.1) is 3.57 Å². The molecular formula is C12H10BrIN2. The molecule has 0 aliphatic rings. The van der Waals surface area contributed by atoms with Gasteiger partial charge in [0.15, 0.2) is 0 Å². The van der Waals surface area contributed by atoms with Crippen LogP contribution < -0.4 is 11.1 Å². The van der Waals surface area contributed by atoms with Gasteiger partial charge >= 0.3 is 0 Å². The predicted molar refractivity (Wildman–Crippen MR) is 81.0 cm³/mol. The predicted octanol–water partition coefficient (Wildman–Crippen LogP) is 4.38. The summed E-state index contributed by atoms with van der Waals surface area (Å²) in [7, 11) is 0. The molecule has 2 nitrogen and oxygen atoms in total. The lowest BCUT2D eigenvalue weighted by molar-refractivity contribution is 1.51. The van der Waals surface area contributed by atoms with Gasteiger partial charge in [-0.1, -0.05) is 0 Å². The first kappa shape index (κ1) is 11.7. The first-order valence-electron chi connectivity index (χ1n) is 4.73. The highest BCUT2D eigenvalue weighted by molar-refractivity contribution is 14.1. The van der Waals surface area contributed by atoms with Crippen LogP contribution in [-0.2, 0) is 0 Å². The van der Waals surface area contributed by atoms with Gasteiger partial charge in [-0.25, -0.2) is 0 Å². The van der Waals surface area contributed by atoms with E-state index < -0.39 is 0 Å². The Bertz CT molecular complexity index is 497. The molecule has 0 fully saturated rings. The smallest absolute Gasteiger partial charge is 0.0530 e. The minimum atomic E-state index is 0.750. The van der Waals surface area contributed by atoms with E-state index in [1.54, 1.807) is 0 Å². The molecule has 3 N–H and O–H groups in total. The molecule has 16 heavy (non-hydrogen) atoms. The van der Waals surface area contributed by atoms with Crippen LogP contribution in [0.15, 0.2) is 46.9 Å². The lowest BCUT2D eigenvalue weighted by Crippen LogP contribution is -1.92. The first-order chi connectivity index (χ1) is 7.65. The molecule has 0 saturated carbocycles. The maximum atomic E-state index is 5.68. The van der Waals surface area contributed by atoms with Crippen molar-refractivity contribution in [2.24, 2.45) is 0 Å². The summed E-state index contributed by atoms with van der Waals surface area (Å²) in [6, 6.07) is 13.9. The van der Waals surface area contributed by atoms with Crippen LogP contribution in [0.25, 0.3) is 0 Å². The van der Waals surface area contributed by atoms with Gasteiger partial charge in [-0.2, -0.15) is 0 Å². The second-order valence-electron chi connectivity index (χ2n) is 3.37. The molecule has 0 radical (unpaired) electrons. The summed E-state index contributed by atoms with van der Waals surface area (Å²) in [5, 5.41) is 3.32. The second-order valence-corrected chi connectivity index (χ2v) is 5.47. The zero-order valence-corrected chi connectivity index (χ0v) is 12.1. The molecule has 0 spiro atoms. The summed E-state index contributed by atoms with van der Waals surface area (Å²) in [5.41, 5.74) is 8.50. The molecule has 4 heteroatoms. The average molecular weight is 389 g/mol. The molecule has 82 valence electrons. The summed E-state index contributed by atoms with van der Waals surface area (Å²) in [6.07, 6.45) is 0. The highest BCUT2D eigenvalue weighted by Gasteiger charge is 2.00. The summed E-state index contributed by atoms with van der Waals surface area (Å²) < 4.78 is 2.19. The van der Waals surface area contributed by atoms with Crippen LogP contribution in [0.4, 0.5) is 17.1 Å². The molecule has 0 atom stereocenters. The quantitative estimate of drug-likeness (QED) is 0.591. The molecule has 0 bridgehead atoms. The number of hydrogen-bond donors (Lipinski definition) is 2. The Morgan fingerprint density at radius 2 is 1.75 bits per heavy atom. The van der Waals surface area contributed by atoms with E-state index in [9.17, 15) is 0 Å². The van der Waals surface area contributed by atoms with Crippen LogP contribution in [0.1, 0.15) is 0 Å². The fourth-order valence-corrected chi connectivity index (χ4v) is 2.18. The molecule has 0 amide bonds. The second kappa shape index (κ2) is 5.05. The van der Waals surface area contributed by atoms with E-state index in [2.05, 4.69) is 56.0 Å². The highest BCUT2D eigenvalue weighted by atomic mass is 127. The third kappa shape index (κ3) is 2.89. The minimum absolute atomic E-state index is 0.750. The Labute approximate surface area is 117 Å². The Morgan fingerprint density at radius 3 is 2.38 bits per heavy atom. The monoisotopic (exact) mass is 388 g/mol. The van der Waals surface area contributed by atoms with E-state index >= 15 is 0 Å². The van der Waals surface area contributed by atoms with Gasteiger partial charge < -0.3 is 11.1 Å². The zero-order chi connectivity index (χ0) is 11.5. The Balaban J connectivity index is 2.23. The van der Waals surface area contributed by atoms with Crippen LogP contribution in [0.3, 0.4) is 0 Å². The van der Waals surface area contributed by atoms with Gasteiger partial charge in [0.1, 0.15) is 0 Å². The van der Waals surface area contributed by atoms with Crippen molar-refractivity contribution in [3.05, 3.63) is 50.5 Å². The number of nitrogens with two attached hydrogens (primary N) is 1. The van der Waals surface area contributed by atoms with Crippen LogP contribution >= 0.6 is 38.5 Å². The number of rotatable bonds is 2. The number of nitrogen functional groups attached to an aromatic ring is 1.